The Kier molecular flexibility index (Phi) is 13.8. The average Bonchev–Trinajstić information content (AvgIpc) is 1.43. The van der Waals surface area contributed by atoms with Crippen LogP contribution in [0.25, 0.3) is 167 Å². The number of aromatic nitrogens is 6. The summed E-state index contributed by atoms with van der Waals surface area (Å²) in [5, 5.41) is 28.4. The van der Waals surface area contributed by atoms with E-state index in [1.54, 1.807) is 18.6 Å². The summed E-state index contributed by atoms with van der Waals surface area (Å²) in [6, 6.07) is 103. The van der Waals surface area contributed by atoms with Crippen LogP contribution in [-0.2, 0) is 0 Å². The summed E-state index contributed by atoms with van der Waals surface area (Å²) < 4.78 is 0. The van der Waals surface area contributed by atoms with E-state index in [2.05, 4.69) is 204 Å². The van der Waals surface area contributed by atoms with Crippen LogP contribution >= 0.6 is 0 Å². The Balaban J connectivity index is 0.770. The summed E-state index contributed by atoms with van der Waals surface area (Å²) in [7, 11) is 0. The maximum absolute atomic E-state index is 9.80. The maximum atomic E-state index is 9.80. The molecule has 0 atom stereocenters. The fraction of sp³-hybridized carbons (Fsp3) is 0. The van der Waals surface area contributed by atoms with Gasteiger partial charge in [-0.05, 0) is 262 Å². The third-order valence-electron chi connectivity index (χ3n) is 17.2. The molecule has 0 aliphatic heterocycles. The fourth-order valence-corrected chi connectivity index (χ4v) is 12.5. The normalized spacial score (nSPS) is 11.2. The monoisotopic (exact) mass is 1170 g/mol. The number of benzene rings is 10. The van der Waals surface area contributed by atoms with Gasteiger partial charge in [0.15, 0.2) is 0 Å². The Morgan fingerprint density at radius 2 is 0.620 bits per heavy atom. The van der Waals surface area contributed by atoms with Crippen LogP contribution in [0.5, 0.6) is 0 Å². The predicted octanol–water partition coefficient (Wildman–Crippen LogP) is 20.7. The van der Waals surface area contributed by atoms with Gasteiger partial charge in [0.1, 0.15) is 0 Å². The quantitative estimate of drug-likeness (QED) is 0.125. The van der Waals surface area contributed by atoms with Gasteiger partial charge in [0.05, 0.1) is 74.5 Å². The van der Waals surface area contributed by atoms with Crippen molar-refractivity contribution in [2.75, 3.05) is 0 Å². The van der Waals surface area contributed by atoms with Crippen LogP contribution in [0.2, 0.25) is 0 Å². The van der Waals surface area contributed by atoms with E-state index in [1.807, 2.05) is 103 Å². The van der Waals surface area contributed by atoms with Gasteiger partial charge in [0.25, 0.3) is 0 Å². The van der Waals surface area contributed by atoms with E-state index in [0.717, 1.165) is 167 Å². The van der Waals surface area contributed by atoms with Gasteiger partial charge >= 0.3 is 0 Å². The highest BCUT2D eigenvalue weighted by Gasteiger charge is 2.18. The molecular weight excluding hydrogens is 1120 g/mol. The zero-order valence-electron chi connectivity index (χ0n) is 49.4. The molecule has 10 aromatic carbocycles. The fourth-order valence-electron chi connectivity index (χ4n) is 12.5. The number of nitrogens with zero attached hydrogens (tertiary/aromatic N) is 8. The molecule has 426 valence electrons. The highest BCUT2D eigenvalue weighted by atomic mass is 14.8. The van der Waals surface area contributed by atoms with Gasteiger partial charge in [-0.2, -0.15) is 10.5 Å². The Morgan fingerprint density at radius 1 is 0.207 bits per heavy atom. The van der Waals surface area contributed by atoms with Crippen LogP contribution in [-0.4, -0.2) is 29.9 Å². The van der Waals surface area contributed by atoms with E-state index in [4.69, 9.17) is 19.9 Å². The summed E-state index contributed by atoms with van der Waals surface area (Å²) in [6.45, 7) is 0. The van der Waals surface area contributed by atoms with Crippen molar-refractivity contribution < 1.29 is 0 Å². The smallest absolute Gasteiger partial charge is 0.0991 e. The van der Waals surface area contributed by atoms with Crippen molar-refractivity contribution in [3.8, 4) is 136 Å². The Bertz CT molecular complexity index is 5600. The molecule has 92 heavy (non-hydrogen) atoms. The lowest BCUT2D eigenvalue weighted by Gasteiger charge is -2.15. The zero-order valence-corrected chi connectivity index (χ0v) is 49.4. The van der Waals surface area contributed by atoms with Crippen molar-refractivity contribution in [2.45, 2.75) is 0 Å². The third kappa shape index (κ3) is 10.6. The van der Waals surface area contributed by atoms with E-state index in [9.17, 15) is 10.5 Å². The molecule has 0 unspecified atom stereocenters. The SMILES string of the molecule is N#Cc1ccc(-c2cc3ccc(-c4cccc(-c5cc(-c6ccc7ccc(-c8cc(-c9cccc(C#N)c9)c9ccccc9c8)cc7c6)cc(-c6ccccn6)n5)n4)cc3cc2-c2ccc3ccc(-c4cc(-c5ccccn5)nc(-c5ccccn5)c4)cc3c2)cc1. The van der Waals surface area contributed by atoms with Crippen molar-refractivity contribution >= 4 is 43.1 Å². The number of fused-ring (bicyclic) bond motifs is 4. The van der Waals surface area contributed by atoms with Gasteiger partial charge in [-0.25, -0.2) is 15.0 Å². The van der Waals surface area contributed by atoms with Gasteiger partial charge in [-0.1, -0.05) is 133 Å². The minimum absolute atomic E-state index is 0.606. The number of hydrogen-bond donors (Lipinski definition) is 0. The lowest BCUT2D eigenvalue weighted by atomic mass is 9.89. The molecule has 0 saturated carbocycles. The number of nitriles is 2. The first kappa shape index (κ1) is 54.5. The molecule has 0 N–H and O–H groups in total. The third-order valence-corrected chi connectivity index (χ3v) is 17.2. The van der Waals surface area contributed by atoms with E-state index in [1.165, 1.54) is 0 Å². The number of hydrogen-bond acceptors (Lipinski definition) is 8. The van der Waals surface area contributed by atoms with E-state index in [0.29, 0.717) is 11.1 Å². The summed E-state index contributed by atoms with van der Waals surface area (Å²) in [4.78, 5) is 29.8. The molecule has 8 heteroatoms. The minimum Gasteiger partial charge on any atom is -0.255 e. The molecule has 6 aromatic heterocycles. The van der Waals surface area contributed by atoms with Crippen molar-refractivity contribution in [2.24, 2.45) is 0 Å². The van der Waals surface area contributed by atoms with Crippen LogP contribution < -0.4 is 0 Å². The Hall–Kier alpha value is -12.9. The van der Waals surface area contributed by atoms with Crippen LogP contribution in [0.1, 0.15) is 11.1 Å². The van der Waals surface area contributed by atoms with Gasteiger partial charge in [0.2, 0.25) is 0 Å². The molecule has 16 rings (SSSR count). The lowest BCUT2D eigenvalue weighted by Crippen LogP contribution is -1.95. The summed E-state index contributed by atoms with van der Waals surface area (Å²) in [6.07, 6.45) is 5.39. The highest BCUT2D eigenvalue weighted by Crippen LogP contribution is 2.42. The summed E-state index contributed by atoms with van der Waals surface area (Å²) in [5.74, 6) is 0. The second-order valence-corrected chi connectivity index (χ2v) is 22.9. The zero-order chi connectivity index (χ0) is 61.5. The molecule has 0 aliphatic rings. The van der Waals surface area contributed by atoms with E-state index in [-0.39, 0.29) is 0 Å². The summed E-state index contributed by atoms with van der Waals surface area (Å²) in [5.41, 5.74) is 21.6. The molecule has 0 bridgehead atoms. The molecule has 0 fully saturated rings. The molecule has 0 aliphatic carbocycles. The highest BCUT2D eigenvalue weighted by molar-refractivity contribution is 6.03. The first-order valence-corrected chi connectivity index (χ1v) is 30.4. The molecule has 16 aromatic rings. The topological polar surface area (TPSA) is 125 Å². The van der Waals surface area contributed by atoms with Crippen LogP contribution in [0.15, 0.2) is 304 Å². The maximum Gasteiger partial charge on any atom is 0.0991 e. The van der Waals surface area contributed by atoms with Crippen molar-refractivity contribution in [3.63, 3.8) is 0 Å². The molecule has 0 radical (unpaired) electrons. The van der Waals surface area contributed by atoms with Crippen LogP contribution in [0.4, 0.5) is 0 Å². The Labute approximate surface area is 531 Å². The second-order valence-electron chi connectivity index (χ2n) is 22.9. The first-order valence-electron chi connectivity index (χ1n) is 30.4. The lowest BCUT2D eigenvalue weighted by molar-refractivity contribution is 1.22. The minimum atomic E-state index is 0.606. The van der Waals surface area contributed by atoms with Crippen LogP contribution in [0.3, 0.4) is 0 Å². The van der Waals surface area contributed by atoms with Crippen LogP contribution in [0, 0.1) is 22.7 Å². The van der Waals surface area contributed by atoms with Crippen molar-refractivity contribution in [3.05, 3.63) is 315 Å². The molecule has 6 heterocycles. The van der Waals surface area contributed by atoms with Gasteiger partial charge < -0.3 is 0 Å². The van der Waals surface area contributed by atoms with Crippen molar-refractivity contribution in [1.82, 2.24) is 29.9 Å². The molecule has 0 spiro atoms. The molecule has 0 amide bonds. The molecule has 8 nitrogen and oxygen atoms in total. The predicted molar refractivity (Wildman–Crippen MR) is 372 cm³/mol. The van der Waals surface area contributed by atoms with E-state index >= 15 is 0 Å². The first-order chi connectivity index (χ1) is 45.4. The number of rotatable bonds is 11. The summed E-state index contributed by atoms with van der Waals surface area (Å²) >= 11 is 0. The van der Waals surface area contributed by atoms with Gasteiger partial charge in [0, 0.05) is 24.2 Å². The largest absolute Gasteiger partial charge is 0.255 e. The average molecular weight is 1170 g/mol. The standard InChI is InChI=1S/C84H50N8/c85-51-53-20-22-57(23-21-53)73-44-61-31-33-65(43-69(61)46-75(73)64-32-27-56-26-30-60(40-67(56)42-64)70-47-81(77-15-3-6-34-87-77)91-82(48-70)78-16-4-7-35-88-78)76-18-10-19-80(90-76)84-50-71(49-83(92-84)79-17-5-8-36-89-79)59-29-25-55-24-28-58(38-66(55)39-59)68-41-63-12-1-2-14-72(63)74(45-68)62-13-9-11-54(37-62)52-86/h1-50H. The second kappa shape index (κ2) is 23.3. The van der Waals surface area contributed by atoms with Crippen molar-refractivity contribution in [1.29, 1.82) is 10.5 Å². The molecular formula is C84H50N8. The van der Waals surface area contributed by atoms with Gasteiger partial charge in [-0.3, -0.25) is 15.0 Å². The van der Waals surface area contributed by atoms with Gasteiger partial charge in [-0.15, -0.1) is 0 Å². The Morgan fingerprint density at radius 3 is 1.21 bits per heavy atom. The van der Waals surface area contributed by atoms with E-state index < -0.39 is 0 Å². The number of pyridine rings is 6. The molecule has 0 saturated heterocycles.